The Morgan fingerprint density at radius 2 is 1.91 bits per heavy atom. The lowest BCUT2D eigenvalue weighted by atomic mass is 9.89. The van der Waals surface area contributed by atoms with Gasteiger partial charge in [-0.1, -0.05) is 6.07 Å². The average molecular weight is 319 g/mol. The van der Waals surface area contributed by atoms with Crippen molar-refractivity contribution < 1.29 is 23.7 Å². The zero-order valence-corrected chi connectivity index (χ0v) is 13.0. The molecule has 0 radical (unpaired) electrons. The van der Waals surface area contributed by atoms with E-state index in [9.17, 15) is 4.79 Å². The van der Waals surface area contributed by atoms with E-state index in [0.717, 1.165) is 30.6 Å². The highest BCUT2D eigenvalue weighted by atomic mass is 16.7. The van der Waals surface area contributed by atoms with Gasteiger partial charge >= 0.3 is 0 Å². The summed E-state index contributed by atoms with van der Waals surface area (Å²) in [6.07, 6.45) is 3.38. The van der Waals surface area contributed by atoms with E-state index in [1.54, 1.807) is 0 Å². The summed E-state index contributed by atoms with van der Waals surface area (Å²) < 4.78 is 22.1. The van der Waals surface area contributed by atoms with Crippen LogP contribution in [0.3, 0.4) is 0 Å². The van der Waals surface area contributed by atoms with Crippen LogP contribution in [0.2, 0.25) is 0 Å². The summed E-state index contributed by atoms with van der Waals surface area (Å²) in [4.78, 5) is 12.3. The lowest BCUT2D eigenvalue weighted by molar-refractivity contribution is -0.158. The Kier molecular flexibility index (Phi) is 4.10. The van der Waals surface area contributed by atoms with Crippen LogP contribution in [0.5, 0.6) is 11.5 Å². The number of nitrogens with one attached hydrogen (secondary N) is 1. The molecule has 1 aliphatic carbocycles. The molecule has 6 heteroatoms. The molecule has 2 aliphatic heterocycles. The van der Waals surface area contributed by atoms with Crippen LogP contribution in [0.4, 0.5) is 0 Å². The van der Waals surface area contributed by atoms with Crippen molar-refractivity contribution in [3.05, 3.63) is 23.8 Å². The predicted molar refractivity (Wildman–Crippen MR) is 81.5 cm³/mol. The first-order valence-corrected chi connectivity index (χ1v) is 8.19. The van der Waals surface area contributed by atoms with Gasteiger partial charge in [-0.25, -0.2) is 0 Å². The molecule has 0 bridgehead atoms. The molecule has 1 aromatic rings. The van der Waals surface area contributed by atoms with E-state index in [1.165, 1.54) is 0 Å². The summed E-state index contributed by atoms with van der Waals surface area (Å²) in [5, 5.41) is 3.12. The minimum Gasteiger partial charge on any atom is -0.454 e. The summed E-state index contributed by atoms with van der Waals surface area (Å²) in [6, 6.07) is 5.79. The third kappa shape index (κ3) is 3.28. The molecule has 6 nitrogen and oxygen atoms in total. The van der Waals surface area contributed by atoms with Crippen molar-refractivity contribution in [2.45, 2.75) is 43.9 Å². The summed E-state index contributed by atoms with van der Waals surface area (Å²) in [7, 11) is 0. The lowest BCUT2D eigenvalue weighted by Gasteiger charge is -2.39. The van der Waals surface area contributed by atoms with Gasteiger partial charge in [0.25, 0.3) is 0 Å². The Morgan fingerprint density at radius 3 is 2.83 bits per heavy atom. The number of hydrogen-bond acceptors (Lipinski definition) is 5. The number of benzene rings is 1. The molecule has 2 heterocycles. The molecule has 4 rings (SSSR count). The Labute approximate surface area is 135 Å². The monoisotopic (exact) mass is 319 g/mol. The van der Waals surface area contributed by atoms with Gasteiger partial charge in [0.05, 0.1) is 31.8 Å². The van der Waals surface area contributed by atoms with E-state index in [2.05, 4.69) is 5.32 Å². The molecule has 1 saturated carbocycles. The summed E-state index contributed by atoms with van der Waals surface area (Å²) in [5.74, 6) is 1.48. The lowest BCUT2D eigenvalue weighted by Crippen LogP contribution is -2.49. The van der Waals surface area contributed by atoms with Gasteiger partial charge in [-0.2, -0.15) is 0 Å². The van der Waals surface area contributed by atoms with Crippen molar-refractivity contribution in [3.8, 4) is 11.5 Å². The van der Waals surface area contributed by atoms with Crippen molar-refractivity contribution >= 4 is 5.91 Å². The molecule has 0 spiro atoms. The van der Waals surface area contributed by atoms with E-state index in [0.29, 0.717) is 25.4 Å². The molecule has 1 amide bonds. The molecule has 3 atom stereocenters. The Hall–Kier alpha value is -1.79. The standard InChI is InChI=1S/C17H21NO5/c19-17(8-11-1-3-14-15(7-11)23-10-22-14)18-12-2-4-13-16(9-12)21-6-5-20-13/h1,3,7,12-13,16H,2,4-6,8-10H2,(H,18,19). The SMILES string of the molecule is O=C(Cc1ccc2c(c1)OCO2)NC1CCC2OCCOC2C1. The van der Waals surface area contributed by atoms with Crippen LogP contribution >= 0.6 is 0 Å². The first kappa shape index (κ1) is 14.8. The number of ether oxygens (including phenoxy) is 4. The first-order chi connectivity index (χ1) is 11.3. The molecule has 3 aliphatic rings. The highest BCUT2D eigenvalue weighted by Crippen LogP contribution is 2.32. The second kappa shape index (κ2) is 6.37. The van der Waals surface area contributed by atoms with E-state index in [-0.39, 0.29) is 30.9 Å². The second-order valence-corrected chi connectivity index (χ2v) is 6.26. The minimum atomic E-state index is 0.0315. The van der Waals surface area contributed by atoms with Gasteiger partial charge in [0.1, 0.15) is 0 Å². The van der Waals surface area contributed by atoms with Crippen LogP contribution in [-0.4, -0.2) is 44.2 Å². The molecule has 1 N–H and O–H groups in total. The minimum absolute atomic E-state index is 0.0315. The molecule has 1 aromatic carbocycles. The number of rotatable bonds is 3. The zero-order valence-electron chi connectivity index (χ0n) is 13.0. The van der Waals surface area contributed by atoms with Crippen LogP contribution in [0.25, 0.3) is 0 Å². The number of fused-ring (bicyclic) bond motifs is 2. The second-order valence-electron chi connectivity index (χ2n) is 6.26. The third-order valence-corrected chi connectivity index (χ3v) is 4.65. The highest BCUT2D eigenvalue weighted by molar-refractivity contribution is 5.79. The molecule has 2 fully saturated rings. The van der Waals surface area contributed by atoms with Crippen molar-refractivity contribution in [2.75, 3.05) is 20.0 Å². The van der Waals surface area contributed by atoms with Gasteiger partial charge < -0.3 is 24.3 Å². The molecular weight excluding hydrogens is 298 g/mol. The Bertz CT molecular complexity index is 590. The molecule has 124 valence electrons. The van der Waals surface area contributed by atoms with Gasteiger partial charge in [-0.05, 0) is 37.0 Å². The molecular formula is C17H21NO5. The number of amides is 1. The van der Waals surface area contributed by atoms with Gasteiger partial charge in [-0.15, -0.1) is 0 Å². The largest absolute Gasteiger partial charge is 0.454 e. The maximum Gasteiger partial charge on any atom is 0.231 e. The van der Waals surface area contributed by atoms with Crippen LogP contribution in [0.15, 0.2) is 18.2 Å². The van der Waals surface area contributed by atoms with Crippen molar-refractivity contribution in [1.29, 1.82) is 0 Å². The number of hydrogen-bond donors (Lipinski definition) is 1. The molecule has 1 saturated heterocycles. The maximum absolute atomic E-state index is 12.3. The van der Waals surface area contributed by atoms with Gasteiger partial charge in [0, 0.05) is 6.04 Å². The van der Waals surface area contributed by atoms with E-state index in [1.807, 2.05) is 18.2 Å². The number of carbonyl (C=O) groups excluding carboxylic acids is 1. The quantitative estimate of drug-likeness (QED) is 0.912. The van der Waals surface area contributed by atoms with Crippen LogP contribution < -0.4 is 14.8 Å². The van der Waals surface area contributed by atoms with E-state index < -0.39 is 0 Å². The highest BCUT2D eigenvalue weighted by Gasteiger charge is 2.34. The molecule has 3 unspecified atom stereocenters. The smallest absolute Gasteiger partial charge is 0.231 e. The fraction of sp³-hybridized carbons (Fsp3) is 0.588. The summed E-state index contributed by atoms with van der Waals surface area (Å²) in [5.41, 5.74) is 0.928. The van der Waals surface area contributed by atoms with Crippen LogP contribution in [0, 0.1) is 0 Å². The van der Waals surface area contributed by atoms with E-state index >= 15 is 0 Å². The van der Waals surface area contributed by atoms with Crippen LogP contribution in [-0.2, 0) is 20.7 Å². The number of carbonyl (C=O) groups is 1. The van der Waals surface area contributed by atoms with Gasteiger partial charge in [-0.3, -0.25) is 4.79 Å². The molecule has 23 heavy (non-hydrogen) atoms. The van der Waals surface area contributed by atoms with Crippen LogP contribution in [0.1, 0.15) is 24.8 Å². The Balaban J connectivity index is 1.31. The molecule has 0 aromatic heterocycles. The normalized spacial score (nSPS) is 29.0. The average Bonchev–Trinajstić information content (AvgIpc) is 3.02. The Morgan fingerprint density at radius 1 is 1.09 bits per heavy atom. The third-order valence-electron chi connectivity index (χ3n) is 4.65. The topological polar surface area (TPSA) is 66.0 Å². The van der Waals surface area contributed by atoms with Gasteiger partial charge in [0.2, 0.25) is 12.7 Å². The predicted octanol–water partition coefficient (Wildman–Crippen LogP) is 1.41. The summed E-state index contributed by atoms with van der Waals surface area (Å²) in [6.45, 7) is 1.58. The van der Waals surface area contributed by atoms with E-state index in [4.69, 9.17) is 18.9 Å². The van der Waals surface area contributed by atoms with Crippen molar-refractivity contribution in [2.24, 2.45) is 0 Å². The maximum atomic E-state index is 12.3. The van der Waals surface area contributed by atoms with Crippen molar-refractivity contribution in [1.82, 2.24) is 5.32 Å². The fourth-order valence-corrected chi connectivity index (χ4v) is 3.51. The summed E-state index contributed by atoms with van der Waals surface area (Å²) >= 11 is 0. The van der Waals surface area contributed by atoms with Crippen molar-refractivity contribution in [3.63, 3.8) is 0 Å². The zero-order chi connectivity index (χ0) is 15.6. The fourth-order valence-electron chi connectivity index (χ4n) is 3.51. The first-order valence-electron chi connectivity index (χ1n) is 8.19. The van der Waals surface area contributed by atoms with Gasteiger partial charge in [0.15, 0.2) is 11.5 Å².